The molecule has 1 saturated carbocycles. The van der Waals surface area contributed by atoms with Gasteiger partial charge >= 0.3 is 0 Å². The lowest BCUT2D eigenvalue weighted by molar-refractivity contribution is 0.0952. The fourth-order valence-corrected chi connectivity index (χ4v) is 3.32. The van der Waals surface area contributed by atoms with Crippen molar-refractivity contribution in [1.29, 1.82) is 0 Å². The molecule has 3 N–H and O–H groups in total. The third-order valence-electron chi connectivity index (χ3n) is 3.03. The van der Waals surface area contributed by atoms with Crippen LogP contribution in [0.15, 0.2) is 27.6 Å². The number of sulfonamides is 1. The zero-order valence-electron chi connectivity index (χ0n) is 10.2. The molecule has 2 rings (SSSR count). The highest BCUT2D eigenvalue weighted by molar-refractivity contribution is 9.10. The van der Waals surface area contributed by atoms with Crippen molar-refractivity contribution in [3.8, 4) is 0 Å². The number of carbonyl (C=O) groups is 1. The second-order valence-corrected chi connectivity index (χ2v) is 7.06. The highest BCUT2D eigenvalue weighted by atomic mass is 79.9. The number of hydrogen-bond donors (Lipinski definition) is 2. The van der Waals surface area contributed by atoms with Gasteiger partial charge in [0.25, 0.3) is 5.91 Å². The number of halogens is 1. The molecule has 5 nitrogen and oxygen atoms in total. The molecule has 104 valence electrons. The Morgan fingerprint density at radius 1 is 1.42 bits per heavy atom. The number of carbonyl (C=O) groups excluding carboxylic acids is 1. The van der Waals surface area contributed by atoms with Crippen LogP contribution in [0.2, 0.25) is 0 Å². The highest BCUT2D eigenvalue weighted by Gasteiger charge is 2.21. The first-order chi connectivity index (χ1) is 8.88. The van der Waals surface area contributed by atoms with Gasteiger partial charge in [0, 0.05) is 16.6 Å². The maximum absolute atomic E-state index is 11.9. The Balaban J connectivity index is 2.08. The van der Waals surface area contributed by atoms with Crippen molar-refractivity contribution in [2.45, 2.75) is 24.2 Å². The molecule has 19 heavy (non-hydrogen) atoms. The predicted molar refractivity (Wildman–Crippen MR) is 75.2 cm³/mol. The second kappa shape index (κ2) is 5.60. The average molecular weight is 347 g/mol. The fourth-order valence-electron chi connectivity index (χ4n) is 1.76. The van der Waals surface area contributed by atoms with E-state index in [1.165, 1.54) is 25.0 Å². The van der Waals surface area contributed by atoms with Gasteiger partial charge in [-0.15, -0.1) is 0 Å². The van der Waals surface area contributed by atoms with Crippen LogP contribution in [0.4, 0.5) is 0 Å². The van der Waals surface area contributed by atoms with Gasteiger partial charge in [-0.25, -0.2) is 13.6 Å². The maximum Gasteiger partial charge on any atom is 0.251 e. The van der Waals surface area contributed by atoms with Crippen LogP contribution >= 0.6 is 15.9 Å². The van der Waals surface area contributed by atoms with Crippen LogP contribution < -0.4 is 10.5 Å². The molecule has 7 heteroatoms. The molecule has 0 aromatic heterocycles. The van der Waals surface area contributed by atoms with Crippen LogP contribution in [0, 0.1) is 5.92 Å². The van der Waals surface area contributed by atoms with Crippen molar-refractivity contribution in [2.24, 2.45) is 11.1 Å². The van der Waals surface area contributed by atoms with E-state index in [2.05, 4.69) is 21.2 Å². The van der Waals surface area contributed by atoms with Gasteiger partial charge in [-0.1, -0.05) is 12.8 Å². The highest BCUT2D eigenvalue weighted by Crippen LogP contribution is 2.31. The standard InChI is InChI=1S/C12H15BrN2O3S/c13-10-4-3-9(7-11(10)19(14,17)18)12(16)15-6-5-8-1-2-8/h3-4,7-8H,1-2,5-6H2,(H,15,16)(H2,14,17,18). The summed E-state index contributed by atoms with van der Waals surface area (Å²) in [5.74, 6) is 0.461. The summed E-state index contributed by atoms with van der Waals surface area (Å²) >= 11 is 3.10. The smallest absolute Gasteiger partial charge is 0.251 e. The minimum Gasteiger partial charge on any atom is -0.352 e. The summed E-state index contributed by atoms with van der Waals surface area (Å²) in [6.07, 6.45) is 3.46. The molecule has 0 heterocycles. The Labute approximate surface area is 120 Å². The second-order valence-electron chi connectivity index (χ2n) is 4.68. The third-order valence-corrected chi connectivity index (χ3v) is 4.94. The van der Waals surface area contributed by atoms with E-state index in [9.17, 15) is 13.2 Å². The summed E-state index contributed by atoms with van der Waals surface area (Å²) in [4.78, 5) is 11.8. The summed E-state index contributed by atoms with van der Waals surface area (Å²) in [6.45, 7) is 0.615. The molecule has 1 aliphatic carbocycles. The fraction of sp³-hybridized carbons (Fsp3) is 0.417. The summed E-state index contributed by atoms with van der Waals surface area (Å²) in [5.41, 5.74) is 0.294. The minimum absolute atomic E-state index is 0.0812. The Morgan fingerprint density at radius 2 is 2.11 bits per heavy atom. The van der Waals surface area contributed by atoms with Gasteiger partial charge in [0.15, 0.2) is 0 Å². The van der Waals surface area contributed by atoms with Crippen LogP contribution in [-0.4, -0.2) is 20.9 Å². The summed E-state index contributed by atoms with van der Waals surface area (Å²) in [7, 11) is -3.84. The van der Waals surface area contributed by atoms with Crippen LogP contribution in [0.25, 0.3) is 0 Å². The monoisotopic (exact) mass is 346 g/mol. The van der Waals surface area contributed by atoms with Crippen LogP contribution in [-0.2, 0) is 10.0 Å². The first kappa shape index (κ1) is 14.5. The number of rotatable bonds is 5. The Bertz CT molecular complexity index is 597. The quantitative estimate of drug-likeness (QED) is 0.848. The minimum atomic E-state index is -3.84. The predicted octanol–water partition coefficient (Wildman–Crippen LogP) is 1.63. The molecule has 0 saturated heterocycles. The van der Waals surface area contributed by atoms with E-state index in [1.54, 1.807) is 6.07 Å². The normalized spacial score (nSPS) is 15.3. The molecule has 0 spiro atoms. The van der Waals surface area contributed by atoms with Crippen LogP contribution in [0.3, 0.4) is 0 Å². The van der Waals surface area contributed by atoms with Gasteiger partial charge < -0.3 is 5.32 Å². The number of primary sulfonamides is 1. The van der Waals surface area contributed by atoms with Crippen LogP contribution in [0.1, 0.15) is 29.6 Å². The average Bonchev–Trinajstić information content (AvgIpc) is 3.12. The van der Waals surface area contributed by atoms with Crippen molar-refractivity contribution in [1.82, 2.24) is 5.32 Å². The first-order valence-corrected chi connectivity index (χ1v) is 8.32. The maximum atomic E-state index is 11.9. The molecule has 0 aliphatic heterocycles. The topological polar surface area (TPSA) is 89.3 Å². The Kier molecular flexibility index (Phi) is 4.27. The number of benzene rings is 1. The summed E-state index contributed by atoms with van der Waals surface area (Å²) in [5, 5.41) is 7.86. The third kappa shape index (κ3) is 4.02. The van der Waals surface area contributed by atoms with Crippen molar-refractivity contribution in [3.63, 3.8) is 0 Å². The van der Waals surface area contributed by atoms with Gasteiger partial charge in [0.05, 0.1) is 4.90 Å². The summed E-state index contributed by atoms with van der Waals surface area (Å²) < 4.78 is 23.1. The molecule has 1 fully saturated rings. The zero-order valence-corrected chi connectivity index (χ0v) is 12.6. The van der Waals surface area contributed by atoms with E-state index < -0.39 is 10.0 Å². The lowest BCUT2D eigenvalue weighted by Crippen LogP contribution is -2.25. The van der Waals surface area contributed by atoms with E-state index in [1.807, 2.05) is 0 Å². The SMILES string of the molecule is NS(=O)(=O)c1cc(C(=O)NCCC2CC2)ccc1Br. The first-order valence-electron chi connectivity index (χ1n) is 5.98. The number of hydrogen-bond acceptors (Lipinski definition) is 3. The Hall–Kier alpha value is -0.920. The van der Waals surface area contributed by atoms with Crippen molar-refractivity contribution >= 4 is 31.9 Å². The Morgan fingerprint density at radius 3 is 2.68 bits per heavy atom. The molecular formula is C12H15BrN2O3S. The summed E-state index contributed by atoms with van der Waals surface area (Å²) in [6, 6.07) is 4.35. The van der Waals surface area contributed by atoms with Crippen LogP contribution in [0.5, 0.6) is 0 Å². The van der Waals surface area contributed by atoms with Gasteiger partial charge in [0.1, 0.15) is 0 Å². The van der Waals surface area contributed by atoms with Crippen molar-refractivity contribution in [2.75, 3.05) is 6.54 Å². The van der Waals surface area contributed by atoms with Gasteiger partial charge in [-0.2, -0.15) is 0 Å². The molecule has 1 aromatic rings. The molecule has 1 amide bonds. The van der Waals surface area contributed by atoms with Gasteiger partial charge in [-0.05, 0) is 46.5 Å². The molecular weight excluding hydrogens is 332 g/mol. The molecule has 0 bridgehead atoms. The molecule has 0 atom stereocenters. The number of nitrogens with two attached hydrogens (primary N) is 1. The number of amides is 1. The van der Waals surface area contributed by atoms with Crippen molar-refractivity contribution < 1.29 is 13.2 Å². The van der Waals surface area contributed by atoms with Gasteiger partial charge in [0.2, 0.25) is 10.0 Å². The van der Waals surface area contributed by atoms with Crippen molar-refractivity contribution in [3.05, 3.63) is 28.2 Å². The molecule has 0 unspecified atom stereocenters. The molecule has 1 aliphatic rings. The lowest BCUT2D eigenvalue weighted by atomic mass is 10.2. The lowest BCUT2D eigenvalue weighted by Gasteiger charge is -2.07. The van der Waals surface area contributed by atoms with E-state index in [0.717, 1.165) is 12.3 Å². The van der Waals surface area contributed by atoms with E-state index in [4.69, 9.17) is 5.14 Å². The van der Waals surface area contributed by atoms with E-state index in [-0.39, 0.29) is 10.8 Å². The largest absolute Gasteiger partial charge is 0.352 e. The number of nitrogens with one attached hydrogen (secondary N) is 1. The van der Waals surface area contributed by atoms with E-state index >= 15 is 0 Å². The molecule has 0 radical (unpaired) electrons. The molecule has 1 aromatic carbocycles. The van der Waals surface area contributed by atoms with E-state index in [0.29, 0.717) is 16.6 Å². The zero-order chi connectivity index (χ0) is 14.0. The van der Waals surface area contributed by atoms with Gasteiger partial charge in [-0.3, -0.25) is 4.79 Å².